The number of amides is 1. The average molecular weight is 759 g/mol. The lowest BCUT2D eigenvalue weighted by Crippen LogP contribution is -2.14. The number of hydrogen-bond donors (Lipinski definition) is 4. The molecule has 0 saturated carbocycles. The number of carbonyl (C=O) groups excluding carboxylic acids is 2. The third-order valence-electron chi connectivity index (χ3n) is 6.56. The van der Waals surface area contributed by atoms with Gasteiger partial charge in [-0.05, 0) is 35.9 Å². The topological polar surface area (TPSA) is 190 Å². The van der Waals surface area contributed by atoms with Gasteiger partial charge in [0.15, 0.2) is 10.3 Å². The highest BCUT2D eigenvalue weighted by molar-refractivity contribution is 7.93. The summed E-state index contributed by atoms with van der Waals surface area (Å²) in [5.74, 6) is -0.128. The highest BCUT2D eigenvalue weighted by Crippen LogP contribution is 2.31. The van der Waals surface area contributed by atoms with Crippen LogP contribution < -0.4 is 20.5 Å². The third-order valence-corrected chi connectivity index (χ3v) is 11.3. The Morgan fingerprint density at radius 3 is 1.59 bits per heavy atom. The summed E-state index contributed by atoms with van der Waals surface area (Å²) in [6.45, 7) is 3.48. The van der Waals surface area contributed by atoms with Crippen LogP contribution in [0, 0.1) is 0 Å². The molecule has 4 aromatic carbocycles. The Labute approximate surface area is 296 Å². The molecule has 256 valence electrons. The van der Waals surface area contributed by atoms with Crippen LogP contribution in [0.3, 0.4) is 0 Å². The van der Waals surface area contributed by atoms with E-state index in [1.165, 1.54) is 41.0 Å². The van der Waals surface area contributed by atoms with Gasteiger partial charge in [-0.25, -0.2) is 26.8 Å². The molecule has 0 bridgehead atoms. The minimum atomic E-state index is -3.78. The zero-order chi connectivity index (χ0) is 35.6. The number of sulfonamides is 2. The fourth-order valence-electron chi connectivity index (χ4n) is 4.27. The first-order valence-electron chi connectivity index (χ1n) is 14.5. The van der Waals surface area contributed by atoms with Crippen LogP contribution in [-0.2, 0) is 29.6 Å². The zero-order valence-electron chi connectivity index (χ0n) is 26.1. The molecule has 12 nitrogen and oxygen atoms in total. The summed E-state index contributed by atoms with van der Waals surface area (Å²) in [7, 11) is -7.46. The lowest BCUT2D eigenvalue weighted by atomic mass is 10.1. The molecule has 0 atom stereocenters. The summed E-state index contributed by atoms with van der Waals surface area (Å²) < 4.78 is 55.2. The van der Waals surface area contributed by atoms with Crippen LogP contribution in [0.1, 0.15) is 26.7 Å². The summed E-state index contributed by atoms with van der Waals surface area (Å²) in [5.41, 5.74) is 7.02. The van der Waals surface area contributed by atoms with Gasteiger partial charge in [-0.1, -0.05) is 62.4 Å². The number of nitrogens with two attached hydrogens (primary N) is 1. The number of halogens is 1. The van der Waals surface area contributed by atoms with Crippen molar-refractivity contribution in [1.29, 1.82) is 0 Å². The number of benzene rings is 4. The van der Waals surface area contributed by atoms with Gasteiger partial charge in [0.25, 0.3) is 20.0 Å². The van der Waals surface area contributed by atoms with Crippen molar-refractivity contribution in [3.8, 4) is 0 Å². The number of anilines is 4. The molecule has 0 saturated heterocycles. The summed E-state index contributed by atoms with van der Waals surface area (Å²) in [6, 6.07) is 20.4. The van der Waals surface area contributed by atoms with Gasteiger partial charge < -0.3 is 11.1 Å². The van der Waals surface area contributed by atoms with Crippen molar-refractivity contribution >= 4 is 109 Å². The number of nitrogen functional groups attached to an aromatic ring is 1. The Hall–Kier alpha value is -4.61. The molecular formula is C32H31ClN6O6S4. The maximum atomic E-state index is 12.7. The first-order chi connectivity index (χ1) is 23.4. The van der Waals surface area contributed by atoms with E-state index >= 15 is 0 Å². The van der Waals surface area contributed by atoms with Crippen molar-refractivity contribution in [2.75, 3.05) is 20.5 Å². The van der Waals surface area contributed by atoms with E-state index in [0.29, 0.717) is 50.6 Å². The zero-order valence-corrected chi connectivity index (χ0v) is 30.1. The SMILES string of the molecule is CCC(=O)Cl.CCC(=O)Nc1ccc(S(=O)(=O)Nc2nccs2)c2ccccc12.Nc1ccc(S(=O)(=O)Nc2nccs2)c2ccccc12. The lowest BCUT2D eigenvalue weighted by Gasteiger charge is -2.12. The molecular weight excluding hydrogens is 728 g/mol. The first kappa shape index (κ1) is 37.2. The van der Waals surface area contributed by atoms with Crippen LogP contribution in [0.5, 0.6) is 0 Å². The van der Waals surface area contributed by atoms with E-state index in [0.717, 1.165) is 5.39 Å². The van der Waals surface area contributed by atoms with Crippen LogP contribution in [0.15, 0.2) is 106 Å². The molecule has 0 aliphatic rings. The Morgan fingerprint density at radius 1 is 0.694 bits per heavy atom. The minimum absolute atomic E-state index is 0.128. The smallest absolute Gasteiger partial charge is 0.264 e. The minimum Gasteiger partial charge on any atom is -0.398 e. The highest BCUT2D eigenvalue weighted by atomic mass is 35.5. The summed E-state index contributed by atoms with van der Waals surface area (Å²) in [6.07, 6.45) is 3.86. The summed E-state index contributed by atoms with van der Waals surface area (Å²) in [5, 5.41) is 9.09. The summed E-state index contributed by atoms with van der Waals surface area (Å²) >= 11 is 7.26. The third kappa shape index (κ3) is 9.73. The van der Waals surface area contributed by atoms with Gasteiger partial charge in [0.2, 0.25) is 11.1 Å². The number of nitrogens with zero attached hydrogens (tertiary/aromatic N) is 2. The van der Waals surface area contributed by atoms with E-state index in [9.17, 15) is 26.4 Å². The second-order valence-corrected chi connectivity index (χ2v) is 15.4. The molecule has 0 fully saturated rings. The van der Waals surface area contributed by atoms with Gasteiger partial charge in [-0.3, -0.25) is 19.0 Å². The molecule has 49 heavy (non-hydrogen) atoms. The standard InChI is InChI=1S/C16H15N3O3S2.C13H11N3O2S2.C3H5ClO/c1-2-15(20)18-13-7-8-14(12-6-4-3-5-11(12)13)24(21,22)19-16-17-9-10-23-16;14-11-5-6-12(10-4-2-1-3-9(10)11)20(17,18)16-13-15-7-8-19-13;1-2-3(4)5/h3-10H,2H2,1H3,(H,17,19)(H,18,20);1-8H,14H2,(H,15,16);2H2,1H3. The Bertz CT molecular complexity index is 2280. The second-order valence-electron chi connectivity index (χ2n) is 9.85. The highest BCUT2D eigenvalue weighted by Gasteiger charge is 2.21. The molecule has 6 aromatic rings. The van der Waals surface area contributed by atoms with Crippen molar-refractivity contribution in [2.24, 2.45) is 0 Å². The Balaban J connectivity index is 0.000000197. The molecule has 0 unspecified atom stereocenters. The van der Waals surface area contributed by atoms with Crippen LogP contribution in [-0.4, -0.2) is 38.0 Å². The first-order valence-corrected chi connectivity index (χ1v) is 19.6. The van der Waals surface area contributed by atoms with E-state index in [2.05, 4.69) is 24.7 Å². The predicted octanol–water partition coefficient (Wildman–Crippen LogP) is 7.29. The van der Waals surface area contributed by atoms with E-state index in [-0.39, 0.29) is 20.9 Å². The van der Waals surface area contributed by atoms with Crippen molar-refractivity contribution in [3.63, 3.8) is 0 Å². The molecule has 1 amide bonds. The molecule has 0 spiro atoms. The largest absolute Gasteiger partial charge is 0.398 e. The van der Waals surface area contributed by atoms with Crippen molar-refractivity contribution in [1.82, 2.24) is 9.97 Å². The molecule has 2 heterocycles. The number of carbonyl (C=O) groups is 2. The van der Waals surface area contributed by atoms with Gasteiger partial charge in [0.05, 0.1) is 9.79 Å². The fraction of sp³-hybridized carbons (Fsp3) is 0.125. The van der Waals surface area contributed by atoms with Gasteiger partial charge in [-0.2, -0.15) is 0 Å². The van der Waals surface area contributed by atoms with Crippen LogP contribution >= 0.6 is 34.3 Å². The normalized spacial score (nSPS) is 11.1. The molecule has 6 rings (SSSR count). The average Bonchev–Trinajstić information content (AvgIpc) is 3.79. The predicted molar refractivity (Wildman–Crippen MR) is 198 cm³/mol. The van der Waals surface area contributed by atoms with Crippen molar-refractivity contribution in [3.05, 3.63) is 96.0 Å². The number of fused-ring (bicyclic) bond motifs is 2. The molecule has 17 heteroatoms. The van der Waals surface area contributed by atoms with Gasteiger partial charge >= 0.3 is 0 Å². The number of aromatic nitrogens is 2. The number of rotatable bonds is 9. The van der Waals surface area contributed by atoms with E-state index in [1.54, 1.807) is 85.4 Å². The van der Waals surface area contributed by atoms with Crippen molar-refractivity contribution < 1.29 is 26.4 Å². The van der Waals surface area contributed by atoms with E-state index in [4.69, 9.17) is 17.3 Å². The van der Waals surface area contributed by atoms with Gasteiger partial charge in [0.1, 0.15) is 0 Å². The fourth-order valence-corrected chi connectivity index (χ4v) is 8.27. The lowest BCUT2D eigenvalue weighted by molar-refractivity contribution is -0.116. The van der Waals surface area contributed by atoms with Crippen LogP contribution in [0.2, 0.25) is 0 Å². The van der Waals surface area contributed by atoms with Crippen LogP contribution in [0.25, 0.3) is 21.5 Å². The van der Waals surface area contributed by atoms with Crippen LogP contribution in [0.4, 0.5) is 21.6 Å². The maximum absolute atomic E-state index is 12.7. The quantitative estimate of drug-likeness (QED) is 0.0867. The number of nitrogens with one attached hydrogen (secondary N) is 3. The van der Waals surface area contributed by atoms with Gasteiger partial charge in [-0.15, -0.1) is 22.7 Å². The molecule has 0 aliphatic heterocycles. The second kappa shape index (κ2) is 16.7. The molecule has 0 radical (unpaired) electrons. The summed E-state index contributed by atoms with van der Waals surface area (Å²) in [4.78, 5) is 29.5. The number of thiazole rings is 2. The van der Waals surface area contributed by atoms with Crippen molar-refractivity contribution in [2.45, 2.75) is 36.5 Å². The van der Waals surface area contributed by atoms with E-state index < -0.39 is 20.0 Å². The van der Waals surface area contributed by atoms with E-state index in [1.807, 2.05) is 6.07 Å². The molecule has 0 aliphatic carbocycles. The molecule has 5 N–H and O–H groups in total. The molecule has 2 aromatic heterocycles. The van der Waals surface area contributed by atoms with Gasteiger partial charge in [0, 0.05) is 68.9 Å². The maximum Gasteiger partial charge on any atom is 0.264 e. The Morgan fingerprint density at radius 2 is 1.14 bits per heavy atom. The Kier molecular flexibility index (Phi) is 12.7. The number of hydrogen-bond acceptors (Lipinski definition) is 11. The monoisotopic (exact) mass is 758 g/mol.